The first-order valence-electron chi connectivity index (χ1n) is 6.54. The van der Waals surface area contributed by atoms with Crippen molar-refractivity contribution >= 4 is 15.7 Å². The molecule has 2 saturated carbocycles. The van der Waals surface area contributed by atoms with Crippen molar-refractivity contribution in [3.8, 4) is 0 Å². The van der Waals surface area contributed by atoms with Crippen LogP contribution >= 0.6 is 0 Å². The second kappa shape index (κ2) is 3.97. The number of hydrogen-bond donors (Lipinski definition) is 1. The van der Waals surface area contributed by atoms with Crippen LogP contribution in [0.25, 0.3) is 0 Å². The summed E-state index contributed by atoms with van der Waals surface area (Å²) < 4.78 is 22.6. The van der Waals surface area contributed by atoms with Crippen molar-refractivity contribution < 1.29 is 13.2 Å². The van der Waals surface area contributed by atoms with Crippen molar-refractivity contribution in [3.05, 3.63) is 0 Å². The highest BCUT2D eigenvalue weighted by Crippen LogP contribution is 2.48. The van der Waals surface area contributed by atoms with Gasteiger partial charge in [0.15, 0.2) is 9.84 Å². The Kier molecular flexibility index (Phi) is 2.69. The van der Waals surface area contributed by atoms with Crippen LogP contribution in [0.2, 0.25) is 0 Å². The molecule has 4 atom stereocenters. The number of carbonyl (C=O) groups excluding carboxylic acids is 1. The lowest BCUT2D eigenvalue weighted by atomic mass is 9.88. The molecule has 0 aromatic rings. The van der Waals surface area contributed by atoms with Crippen LogP contribution in [0.4, 0.5) is 0 Å². The Hall–Kier alpha value is -0.580. The third kappa shape index (κ3) is 2.21. The van der Waals surface area contributed by atoms with Crippen LogP contribution in [-0.4, -0.2) is 31.9 Å². The van der Waals surface area contributed by atoms with Crippen LogP contribution in [-0.2, 0) is 14.6 Å². The fraction of sp³-hybridized carbons (Fsp3) is 0.917. The van der Waals surface area contributed by atoms with E-state index in [0.29, 0.717) is 12.3 Å². The molecule has 4 nitrogen and oxygen atoms in total. The Morgan fingerprint density at radius 1 is 1.12 bits per heavy atom. The minimum absolute atomic E-state index is 0.110. The summed E-state index contributed by atoms with van der Waals surface area (Å²) in [5, 5.41) is 2.94. The lowest BCUT2D eigenvalue weighted by Gasteiger charge is -2.22. The summed E-state index contributed by atoms with van der Waals surface area (Å²) in [5.41, 5.74) is 0. The standard InChI is InChI=1S/C12H19NO3S/c14-12(11-6-8-1-2-9(11)5-8)13-10-3-4-17(15,16)7-10/h8-11H,1-7H2,(H,13,14). The number of nitrogens with one attached hydrogen (secondary N) is 1. The summed E-state index contributed by atoms with van der Waals surface area (Å²) in [6, 6.07) is -0.133. The molecule has 1 heterocycles. The van der Waals surface area contributed by atoms with Gasteiger partial charge in [-0.05, 0) is 37.5 Å². The summed E-state index contributed by atoms with van der Waals surface area (Å²) >= 11 is 0. The predicted molar refractivity (Wildman–Crippen MR) is 64.1 cm³/mol. The van der Waals surface area contributed by atoms with Crippen LogP contribution in [0, 0.1) is 17.8 Å². The van der Waals surface area contributed by atoms with Gasteiger partial charge < -0.3 is 5.32 Å². The van der Waals surface area contributed by atoms with Crippen LogP contribution in [0.5, 0.6) is 0 Å². The molecule has 3 fully saturated rings. The van der Waals surface area contributed by atoms with E-state index in [0.717, 1.165) is 12.3 Å². The van der Waals surface area contributed by atoms with Gasteiger partial charge in [-0.2, -0.15) is 0 Å². The van der Waals surface area contributed by atoms with E-state index in [1.165, 1.54) is 19.3 Å². The zero-order chi connectivity index (χ0) is 12.0. The first-order chi connectivity index (χ1) is 8.03. The van der Waals surface area contributed by atoms with Crippen molar-refractivity contribution in [3.63, 3.8) is 0 Å². The first-order valence-corrected chi connectivity index (χ1v) is 8.36. The summed E-state index contributed by atoms with van der Waals surface area (Å²) in [5.74, 6) is 1.96. The minimum atomic E-state index is -2.89. The van der Waals surface area contributed by atoms with E-state index in [-0.39, 0.29) is 29.4 Å². The minimum Gasteiger partial charge on any atom is -0.352 e. The molecule has 0 aromatic heterocycles. The molecular formula is C12H19NO3S. The van der Waals surface area contributed by atoms with Crippen LogP contribution < -0.4 is 5.32 Å². The van der Waals surface area contributed by atoms with Gasteiger partial charge in [0.1, 0.15) is 0 Å². The maximum absolute atomic E-state index is 12.1. The lowest BCUT2D eigenvalue weighted by Crippen LogP contribution is -2.41. The summed E-state index contributed by atoms with van der Waals surface area (Å²) in [6.45, 7) is 0. The van der Waals surface area contributed by atoms with Gasteiger partial charge in [0, 0.05) is 12.0 Å². The maximum atomic E-state index is 12.1. The number of carbonyl (C=O) groups is 1. The van der Waals surface area contributed by atoms with E-state index in [4.69, 9.17) is 0 Å². The van der Waals surface area contributed by atoms with Gasteiger partial charge in [0.05, 0.1) is 11.5 Å². The van der Waals surface area contributed by atoms with E-state index in [9.17, 15) is 13.2 Å². The molecule has 4 unspecified atom stereocenters. The van der Waals surface area contributed by atoms with Gasteiger partial charge in [0.25, 0.3) is 0 Å². The van der Waals surface area contributed by atoms with E-state index >= 15 is 0 Å². The van der Waals surface area contributed by atoms with E-state index in [2.05, 4.69) is 5.32 Å². The highest BCUT2D eigenvalue weighted by atomic mass is 32.2. The second-order valence-electron chi connectivity index (χ2n) is 5.89. The largest absolute Gasteiger partial charge is 0.352 e. The molecule has 5 heteroatoms. The van der Waals surface area contributed by atoms with Crippen molar-refractivity contribution in [1.29, 1.82) is 0 Å². The first kappa shape index (κ1) is 11.5. The molecule has 1 N–H and O–H groups in total. The molecular weight excluding hydrogens is 238 g/mol. The molecule has 96 valence electrons. The zero-order valence-corrected chi connectivity index (χ0v) is 10.7. The molecule has 0 aromatic carbocycles. The SMILES string of the molecule is O=C(NC1CCS(=O)(=O)C1)C1CC2CCC1C2. The Morgan fingerprint density at radius 3 is 2.47 bits per heavy atom. The molecule has 3 aliphatic rings. The van der Waals surface area contributed by atoms with E-state index < -0.39 is 9.84 Å². The Labute approximate surface area is 102 Å². The molecule has 1 amide bonds. The molecule has 1 aliphatic heterocycles. The average Bonchev–Trinajstić information content (AvgIpc) is 2.93. The van der Waals surface area contributed by atoms with Crippen molar-refractivity contribution in [2.24, 2.45) is 17.8 Å². The molecule has 0 radical (unpaired) electrons. The average molecular weight is 257 g/mol. The Balaban J connectivity index is 1.58. The van der Waals surface area contributed by atoms with Gasteiger partial charge in [-0.25, -0.2) is 8.42 Å². The molecule has 2 bridgehead atoms. The Morgan fingerprint density at radius 2 is 1.94 bits per heavy atom. The van der Waals surface area contributed by atoms with E-state index in [1.807, 2.05) is 0 Å². The number of rotatable bonds is 2. The van der Waals surface area contributed by atoms with Crippen LogP contribution in [0.3, 0.4) is 0 Å². The fourth-order valence-corrected chi connectivity index (χ4v) is 5.46. The molecule has 17 heavy (non-hydrogen) atoms. The van der Waals surface area contributed by atoms with Crippen LogP contribution in [0.15, 0.2) is 0 Å². The summed E-state index contributed by atoms with van der Waals surface area (Å²) in [7, 11) is -2.89. The van der Waals surface area contributed by atoms with Crippen molar-refractivity contribution in [2.75, 3.05) is 11.5 Å². The summed E-state index contributed by atoms with van der Waals surface area (Å²) in [6.07, 6.45) is 5.30. The van der Waals surface area contributed by atoms with Gasteiger partial charge >= 0.3 is 0 Å². The monoisotopic (exact) mass is 257 g/mol. The molecule has 2 aliphatic carbocycles. The van der Waals surface area contributed by atoms with Gasteiger partial charge in [-0.1, -0.05) is 6.42 Å². The second-order valence-corrected chi connectivity index (χ2v) is 8.12. The van der Waals surface area contributed by atoms with Crippen molar-refractivity contribution in [2.45, 2.75) is 38.1 Å². The smallest absolute Gasteiger partial charge is 0.223 e. The quantitative estimate of drug-likeness (QED) is 0.793. The fourth-order valence-electron chi connectivity index (χ4n) is 3.78. The number of sulfone groups is 1. The van der Waals surface area contributed by atoms with Gasteiger partial charge in [0.2, 0.25) is 5.91 Å². The predicted octanol–water partition coefficient (Wildman–Crippen LogP) is 0.726. The lowest BCUT2D eigenvalue weighted by molar-refractivity contribution is -0.127. The van der Waals surface area contributed by atoms with Crippen LogP contribution in [0.1, 0.15) is 32.1 Å². The zero-order valence-electron chi connectivity index (χ0n) is 9.89. The maximum Gasteiger partial charge on any atom is 0.223 e. The number of amides is 1. The highest BCUT2D eigenvalue weighted by Gasteiger charge is 2.43. The number of hydrogen-bond acceptors (Lipinski definition) is 3. The molecule has 1 saturated heterocycles. The topological polar surface area (TPSA) is 63.2 Å². The summed E-state index contributed by atoms with van der Waals surface area (Å²) in [4.78, 5) is 12.1. The molecule has 3 rings (SSSR count). The third-order valence-corrected chi connectivity index (χ3v) is 6.42. The van der Waals surface area contributed by atoms with Gasteiger partial charge in [-0.3, -0.25) is 4.79 Å². The highest BCUT2D eigenvalue weighted by molar-refractivity contribution is 7.91. The number of fused-ring (bicyclic) bond motifs is 2. The van der Waals surface area contributed by atoms with Gasteiger partial charge in [-0.15, -0.1) is 0 Å². The molecule has 0 spiro atoms. The third-order valence-electron chi connectivity index (χ3n) is 4.65. The normalized spacial score (nSPS) is 42.8. The van der Waals surface area contributed by atoms with E-state index in [1.54, 1.807) is 0 Å². The Bertz CT molecular complexity index is 431. The van der Waals surface area contributed by atoms with Crippen molar-refractivity contribution in [1.82, 2.24) is 5.32 Å².